The van der Waals surface area contributed by atoms with E-state index in [0.717, 1.165) is 0 Å². The molecule has 0 amide bonds. The average Bonchev–Trinajstić information content (AvgIpc) is 2.79. The molecule has 2 rings (SSSR count). The maximum Gasteiger partial charge on any atom is 0.143 e. The lowest BCUT2D eigenvalue weighted by atomic mass is 10.2. The smallest absolute Gasteiger partial charge is 0.143 e. The molecule has 16 heavy (non-hydrogen) atoms. The predicted octanol–water partition coefficient (Wildman–Crippen LogP) is 2.30. The minimum atomic E-state index is -0.535. The zero-order valence-electron chi connectivity index (χ0n) is 8.27. The van der Waals surface area contributed by atoms with Crippen molar-refractivity contribution in [1.29, 1.82) is 5.26 Å². The summed E-state index contributed by atoms with van der Waals surface area (Å²) in [5, 5.41) is 15.4. The second-order valence-corrected chi connectivity index (χ2v) is 3.12. The van der Waals surface area contributed by atoms with E-state index >= 15 is 0 Å². The third-order valence-corrected chi connectivity index (χ3v) is 2.08. The van der Waals surface area contributed by atoms with Gasteiger partial charge in [0.1, 0.15) is 29.4 Å². The fourth-order valence-corrected chi connectivity index (χ4v) is 1.30. The Kier molecular flexibility index (Phi) is 2.83. The number of nitrogens with one attached hydrogen (secondary N) is 1. The van der Waals surface area contributed by atoms with E-state index in [1.54, 1.807) is 18.2 Å². The molecule has 0 saturated carbocycles. The van der Waals surface area contributed by atoms with Gasteiger partial charge >= 0.3 is 0 Å². The molecule has 0 aliphatic heterocycles. The van der Waals surface area contributed by atoms with Crippen LogP contribution in [-0.2, 0) is 6.54 Å². The molecular weight excluding hydrogens is 209 g/mol. The van der Waals surface area contributed by atoms with Crippen molar-refractivity contribution in [2.45, 2.75) is 6.54 Å². The van der Waals surface area contributed by atoms with E-state index < -0.39 is 5.82 Å². The third kappa shape index (κ3) is 2.01. The fraction of sp³-hybridized carbons (Fsp3) is 0.0909. The van der Waals surface area contributed by atoms with Crippen LogP contribution in [0.15, 0.2) is 35.1 Å². The molecule has 80 valence electrons. The van der Waals surface area contributed by atoms with Gasteiger partial charge in [-0.3, -0.25) is 0 Å². The highest BCUT2D eigenvalue weighted by Gasteiger charge is 2.07. The molecule has 1 N–H and O–H groups in total. The Labute approximate surface area is 91.3 Å². The first-order valence-electron chi connectivity index (χ1n) is 4.63. The monoisotopic (exact) mass is 217 g/mol. The molecule has 1 heterocycles. The van der Waals surface area contributed by atoms with Crippen LogP contribution in [0.3, 0.4) is 0 Å². The normalized spacial score (nSPS) is 9.75. The van der Waals surface area contributed by atoms with Crippen molar-refractivity contribution in [1.82, 2.24) is 5.16 Å². The molecule has 1 aromatic heterocycles. The molecule has 2 aromatic rings. The molecule has 0 unspecified atom stereocenters. The first-order valence-corrected chi connectivity index (χ1v) is 4.63. The van der Waals surface area contributed by atoms with Gasteiger partial charge in [-0.25, -0.2) is 4.39 Å². The number of anilines is 1. The lowest BCUT2D eigenvalue weighted by Crippen LogP contribution is -2.02. The maximum absolute atomic E-state index is 13.2. The van der Waals surface area contributed by atoms with Crippen LogP contribution in [0, 0.1) is 17.1 Å². The van der Waals surface area contributed by atoms with Crippen molar-refractivity contribution in [3.05, 3.63) is 47.6 Å². The number of benzene rings is 1. The standard InChI is InChI=1S/C11H8FN3O/c12-10-2-1-3-11(9(10)6-13)14-7-8-4-5-16-15-8/h1-5,14H,7H2. The fourth-order valence-electron chi connectivity index (χ4n) is 1.30. The summed E-state index contributed by atoms with van der Waals surface area (Å²) < 4.78 is 17.9. The van der Waals surface area contributed by atoms with Gasteiger partial charge in [-0.1, -0.05) is 11.2 Å². The van der Waals surface area contributed by atoms with E-state index in [1.165, 1.54) is 12.3 Å². The van der Waals surface area contributed by atoms with E-state index in [1.807, 2.05) is 6.07 Å². The van der Waals surface area contributed by atoms with Gasteiger partial charge in [0.2, 0.25) is 0 Å². The van der Waals surface area contributed by atoms with Gasteiger partial charge < -0.3 is 9.84 Å². The molecule has 0 saturated heterocycles. The Morgan fingerprint density at radius 2 is 2.31 bits per heavy atom. The summed E-state index contributed by atoms with van der Waals surface area (Å²) in [4.78, 5) is 0. The molecule has 4 nitrogen and oxygen atoms in total. The molecular formula is C11H8FN3O. The summed E-state index contributed by atoms with van der Waals surface area (Å²) in [6.07, 6.45) is 1.45. The minimum absolute atomic E-state index is 0.00555. The number of hydrogen-bond donors (Lipinski definition) is 1. The molecule has 0 aliphatic rings. The van der Waals surface area contributed by atoms with E-state index in [2.05, 4.69) is 15.0 Å². The predicted molar refractivity (Wildman–Crippen MR) is 54.9 cm³/mol. The molecule has 0 radical (unpaired) electrons. The lowest BCUT2D eigenvalue weighted by molar-refractivity contribution is 0.412. The number of nitriles is 1. The summed E-state index contributed by atoms with van der Waals surface area (Å²) in [5.74, 6) is -0.535. The first-order chi connectivity index (χ1) is 7.81. The Morgan fingerprint density at radius 3 is 3.00 bits per heavy atom. The van der Waals surface area contributed by atoms with Crippen LogP contribution < -0.4 is 5.32 Å². The van der Waals surface area contributed by atoms with Crippen LogP contribution in [0.25, 0.3) is 0 Å². The quantitative estimate of drug-likeness (QED) is 0.856. The second kappa shape index (κ2) is 4.45. The maximum atomic E-state index is 13.2. The van der Waals surface area contributed by atoms with Crippen molar-refractivity contribution in [2.24, 2.45) is 0 Å². The molecule has 5 heteroatoms. The molecule has 0 aliphatic carbocycles. The topological polar surface area (TPSA) is 61.9 Å². The van der Waals surface area contributed by atoms with Crippen molar-refractivity contribution >= 4 is 5.69 Å². The number of nitrogens with zero attached hydrogens (tertiary/aromatic N) is 2. The number of rotatable bonds is 3. The van der Waals surface area contributed by atoms with Gasteiger partial charge in [-0.2, -0.15) is 5.26 Å². The highest BCUT2D eigenvalue weighted by molar-refractivity contribution is 5.57. The van der Waals surface area contributed by atoms with Gasteiger partial charge in [0.05, 0.1) is 12.2 Å². The molecule has 0 atom stereocenters. The summed E-state index contributed by atoms with van der Waals surface area (Å²) in [6.45, 7) is 0.384. The molecule has 0 fully saturated rings. The zero-order chi connectivity index (χ0) is 11.4. The lowest BCUT2D eigenvalue weighted by Gasteiger charge is -2.06. The number of hydrogen-bond acceptors (Lipinski definition) is 4. The second-order valence-electron chi connectivity index (χ2n) is 3.12. The van der Waals surface area contributed by atoms with Crippen LogP contribution in [-0.4, -0.2) is 5.16 Å². The van der Waals surface area contributed by atoms with Crippen LogP contribution >= 0.6 is 0 Å². The Balaban J connectivity index is 2.16. The van der Waals surface area contributed by atoms with E-state index in [-0.39, 0.29) is 5.56 Å². The highest BCUT2D eigenvalue weighted by atomic mass is 19.1. The minimum Gasteiger partial charge on any atom is -0.378 e. The average molecular weight is 217 g/mol. The van der Waals surface area contributed by atoms with Crippen LogP contribution in [0.2, 0.25) is 0 Å². The van der Waals surface area contributed by atoms with Gasteiger partial charge in [0.15, 0.2) is 0 Å². The van der Waals surface area contributed by atoms with Crippen LogP contribution in [0.1, 0.15) is 11.3 Å². The summed E-state index contributed by atoms with van der Waals surface area (Å²) in [6, 6.07) is 7.94. The van der Waals surface area contributed by atoms with Gasteiger partial charge in [-0.15, -0.1) is 0 Å². The van der Waals surface area contributed by atoms with E-state index in [4.69, 9.17) is 5.26 Å². The summed E-state index contributed by atoms with van der Waals surface area (Å²) >= 11 is 0. The largest absolute Gasteiger partial charge is 0.378 e. The molecule has 0 bridgehead atoms. The van der Waals surface area contributed by atoms with Crippen LogP contribution in [0.5, 0.6) is 0 Å². The van der Waals surface area contributed by atoms with Crippen LogP contribution in [0.4, 0.5) is 10.1 Å². The Morgan fingerprint density at radius 1 is 1.44 bits per heavy atom. The van der Waals surface area contributed by atoms with Crippen molar-refractivity contribution < 1.29 is 8.91 Å². The molecule has 0 spiro atoms. The highest BCUT2D eigenvalue weighted by Crippen LogP contribution is 2.18. The third-order valence-electron chi connectivity index (χ3n) is 2.08. The summed E-state index contributed by atoms with van der Waals surface area (Å²) in [7, 11) is 0. The first kappa shape index (κ1) is 10.2. The van der Waals surface area contributed by atoms with E-state index in [9.17, 15) is 4.39 Å². The number of aromatic nitrogens is 1. The number of halogens is 1. The van der Waals surface area contributed by atoms with E-state index in [0.29, 0.717) is 17.9 Å². The molecule has 1 aromatic carbocycles. The van der Waals surface area contributed by atoms with Gasteiger partial charge in [0, 0.05) is 6.07 Å². The van der Waals surface area contributed by atoms with Gasteiger partial charge in [-0.05, 0) is 12.1 Å². The Bertz CT molecular complexity index is 517. The van der Waals surface area contributed by atoms with Gasteiger partial charge in [0.25, 0.3) is 0 Å². The summed E-state index contributed by atoms with van der Waals surface area (Å²) in [5.41, 5.74) is 1.14. The zero-order valence-corrected chi connectivity index (χ0v) is 8.27. The van der Waals surface area contributed by atoms with Crippen molar-refractivity contribution in [3.63, 3.8) is 0 Å². The van der Waals surface area contributed by atoms with Crippen molar-refractivity contribution in [2.75, 3.05) is 5.32 Å². The SMILES string of the molecule is N#Cc1c(F)cccc1NCc1ccon1. The van der Waals surface area contributed by atoms with Crippen molar-refractivity contribution in [3.8, 4) is 6.07 Å². The Hall–Kier alpha value is -2.35.